The van der Waals surface area contributed by atoms with Crippen molar-refractivity contribution in [2.45, 2.75) is 27.7 Å². The van der Waals surface area contributed by atoms with Gasteiger partial charge in [-0.3, -0.25) is 4.79 Å². The molecule has 0 spiro atoms. The van der Waals surface area contributed by atoms with Crippen LogP contribution in [0.2, 0.25) is 0 Å². The molecule has 104 valence electrons. The van der Waals surface area contributed by atoms with Crippen LogP contribution in [0.1, 0.15) is 27.7 Å². The second-order valence-electron chi connectivity index (χ2n) is 5.99. The van der Waals surface area contributed by atoms with Gasteiger partial charge in [0.2, 0.25) is 5.91 Å². The fraction of sp³-hybridized carbons (Fsp3) is 0.769. The predicted octanol–water partition coefficient (Wildman–Crippen LogP) is 1.39. The highest BCUT2D eigenvalue weighted by Gasteiger charge is 2.60. The molecular weight excluding hydrogens is 250 g/mol. The van der Waals surface area contributed by atoms with E-state index in [1.807, 2.05) is 13.8 Å². The third kappa shape index (κ3) is 3.83. The Balaban J connectivity index is 2.52. The Morgan fingerprint density at radius 1 is 1.33 bits per heavy atom. The van der Waals surface area contributed by atoms with Crippen LogP contribution in [-0.4, -0.2) is 32.9 Å². The Morgan fingerprint density at radius 2 is 1.89 bits per heavy atom. The number of allylic oxidation sites excluding steroid dienone is 2. The molecule has 0 heterocycles. The van der Waals surface area contributed by atoms with Crippen molar-refractivity contribution in [2.24, 2.45) is 17.3 Å². The maximum atomic E-state index is 12.0. The molecule has 18 heavy (non-hydrogen) atoms. The van der Waals surface area contributed by atoms with Gasteiger partial charge in [-0.25, -0.2) is 8.42 Å². The number of hydrogen-bond acceptors (Lipinski definition) is 3. The Kier molecular flexibility index (Phi) is 4.26. The Hall–Kier alpha value is -0.840. The third-order valence-corrected chi connectivity index (χ3v) is 4.42. The molecule has 2 atom stereocenters. The zero-order valence-electron chi connectivity index (χ0n) is 11.8. The molecule has 1 N–H and O–H groups in total. The van der Waals surface area contributed by atoms with Crippen LogP contribution in [0.3, 0.4) is 0 Å². The first-order valence-electron chi connectivity index (χ1n) is 6.16. The third-order valence-electron chi connectivity index (χ3n) is 3.48. The summed E-state index contributed by atoms with van der Waals surface area (Å²) in [4.78, 5) is 12.0. The minimum absolute atomic E-state index is 0.000794. The smallest absolute Gasteiger partial charge is 0.224 e. The zero-order valence-corrected chi connectivity index (χ0v) is 12.6. The Morgan fingerprint density at radius 3 is 2.33 bits per heavy atom. The number of amides is 1. The van der Waals surface area contributed by atoms with Gasteiger partial charge < -0.3 is 5.32 Å². The lowest BCUT2D eigenvalue weighted by Crippen LogP contribution is -2.31. The lowest BCUT2D eigenvalue weighted by molar-refractivity contribution is -0.123. The van der Waals surface area contributed by atoms with E-state index in [0.717, 1.165) is 0 Å². The monoisotopic (exact) mass is 273 g/mol. The quantitative estimate of drug-likeness (QED) is 0.770. The van der Waals surface area contributed by atoms with Crippen molar-refractivity contribution < 1.29 is 13.2 Å². The highest BCUT2D eigenvalue weighted by Crippen LogP contribution is 2.59. The number of carbonyl (C=O) groups excluding carboxylic acids is 1. The van der Waals surface area contributed by atoms with E-state index in [-0.39, 0.29) is 35.5 Å². The molecule has 1 aliphatic carbocycles. The molecule has 1 saturated carbocycles. The molecule has 0 saturated heterocycles. The van der Waals surface area contributed by atoms with Crippen LogP contribution in [0.4, 0.5) is 0 Å². The lowest BCUT2D eigenvalue weighted by atomic mass is 10.1. The molecular formula is C13H23NO3S. The maximum absolute atomic E-state index is 12.0. The van der Waals surface area contributed by atoms with Gasteiger partial charge in [0, 0.05) is 12.8 Å². The molecule has 4 nitrogen and oxygen atoms in total. The molecule has 0 bridgehead atoms. The summed E-state index contributed by atoms with van der Waals surface area (Å²) >= 11 is 0. The van der Waals surface area contributed by atoms with Crippen LogP contribution in [0.15, 0.2) is 11.6 Å². The largest absolute Gasteiger partial charge is 0.355 e. The van der Waals surface area contributed by atoms with E-state index in [4.69, 9.17) is 0 Å². The first-order chi connectivity index (χ1) is 8.05. The SMILES string of the molecule is CC(C)=C[C@@H]1[C@H](C(=O)NCCS(C)(=O)=O)C1(C)C. The molecule has 0 unspecified atom stereocenters. The summed E-state index contributed by atoms with van der Waals surface area (Å²) in [5.41, 5.74) is 1.19. The summed E-state index contributed by atoms with van der Waals surface area (Å²) in [5.74, 6) is 0.193. The predicted molar refractivity (Wildman–Crippen MR) is 72.9 cm³/mol. The molecule has 1 fully saturated rings. The number of hydrogen-bond donors (Lipinski definition) is 1. The molecule has 5 heteroatoms. The van der Waals surface area contributed by atoms with Gasteiger partial charge in [-0.1, -0.05) is 25.5 Å². The second kappa shape index (κ2) is 5.03. The van der Waals surface area contributed by atoms with Crippen molar-refractivity contribution >= 4 is 15.7 Å². The van der Waals surface area contributed by atoms with Crippen molar-refractivity contribution in [2.75, 3.05) is 18.6 Å². The van der Waals surface area contributed by atoms with E-state index in [2.05, 4.69) is 25.2 Å². The second-order valence-corrected chi connectivity index (χ2v) is 8.25. The van der Waals surface area contributed by atoms with Crippen LogP contribution in [0.25, 0.3) is 0 Å². The Labute approximate surface area is 110 Å². The minimum Gasteiger partial charge on any atom is -0.355 e. The fourth-order valence-corrected chi connectivity index (χ4v) is 2.79. The van der Waals surface area contributed by atoms with E-state index < -0.39 is 9.84 Å². The number of nitrogens with one attached hydrogen (secondary N) is 1. The average molecular weight is 273 g/mol. The van der Waals surface area contributed by atoms with Gasteiger partial charge in [-0.15, -0.1) is 0 Å². The fourth-order valence-electron chi connectivity index (χ4n) is 2.32. The summed E-state index contributed by atoms with van der Waals surface area (Å²) in [6.07, 6.45) is 3.30. The van der Waals surface area contributed by atoms with Crippen LogP contribution < -0.4 is 5.32 Å². The van der Waals surface area contributed by atoms with E-state index >= 15 is 0 Å². The number of rotatable bonds is 5. The lowest BCUT2D eigenvalue weighted by Gasteiger charge is -2.05. The maximum Gasteiger partial charge on any atom is 0.224 e. The highest BCUT2D eigenvalue weighted by molar-refractivity contribution is 7.90. The molecule has 0 aromatic rings. The first-order valence-corrected chi connectivity index (χ1v) is 8.22. The van der Waals surface area contributed by atoms with Gasteiger partial charge in [0.25, 0.3) is 0 Å². The molecule has 0 radical (unpaired) electrons. The van der Waals surface area contributed by atoms with Gasteiger partial charge in [-0.2, -0.15) is 0 Å². The topological polar surface area (TPSA) is 63.2 Å². The number of carbonyl (C=O) groups is 1. The number of sulfone groups is 1. The summed E-state index contributed by atoms with van der Waals surface area (Å²) in [5, 5.41) is 2.71. The zero-order chi connectivity index (χ0) is 14.1. The summed E-state index contributed by atoms with van der Waals surface area (Å²) in [6.45, 7) is 8.38. The normalized spacial score (nSPS) is 25.4. The molecule has 0 aliphatic heterocycles. The molecule has 0 aromatic carbocycles. The van der Waals surface area contributed by atoms with E-state index in [9.17, 15) is 13.2 Å². The van der Waals surface area contributed by atoms with Crippen LogP contribution in [0, 0.1) is 17.3 Å². The molecule has 1 aliphatic rings. The van der Waals surface area contributed by atoms with Gasteiger partial charge in [0.15, 0.2) is 0 Å². The van der Waals surface area contributed by atoms with Crippen LogP contribution in [0.5, 0.6) is 0 Å². The van der Waals surface area contributed by atoms with Gasteiger partial charge >= 0.3 is 0 Å². The Bertz CT molecular complexity index is 459. The molecule has 0 aromatic heterocycles. The van der Waals surface area contributed by atoms with E-state index in [1.54, 1.807) is 0 Å². The van der Waals surface area contributed by atoms with Gasteiger partial charge in [0.1, 0.15) is 9.84 Å². The standard InChI is InChI=1S/C13H23NO3S/c1-9(2)8-10-11(13(10,3)4)12(15)14-6-7-18(5,16)17/h8,10-11H,6-7H2,1-5H3,(H,14,15)/t10-,11-/m1/s1. The van der Waals surface area contributed by atoms with Crippen molar-refractivity contribution in [3.63, 3.8) is 0 Å². The minimum atomic E-state index is -3.01. The van der Waals surface area contributed by atoms with E-state index in [1.165, 1.54) is 11.8 Å². The van der Waals surface area contributed by atoms with Crippen LogP contribution in [-0.2, 0) is 14.6 Å². The highest BCUT2D eigenvalue weighted by atomic mass is 32.2. The average Bonchev–Trinajstić information content (AvgIpc) is 2.64. The van der Waals surface area contributed by atoms with Gasteiger partial charge in [0.05, 0.1) is 11.7 Å². The summed E-state index contributed by atoms with van der Waals surface area (Å²) < 4.78 is 21.9. The van der Waals surface area contributed by atoms with Crippen molar-refractivity contribution in [1.29, 1.82) is 0 Å². The summed E-state index contributed by atoms with van der Waals surface area (Å²) in [6, 6.07) is 0. The van der Waals surface area contributed by atoms with Crippen molar-refractivity contribution in [1.82, 2.24) is 5.32 Å². The molecule has 1 amide bonds. The van der Waals surface area contributed by atoms with E-state index in [0.29, 0.717) is 0 Å². The first kappa shape index (κ1) is 15.2. The van der Waals surface area contributed by atoms with Crippen molar-refractivity contribution in [3.8, 4) is 0 Å². The van der Waals surface area contributed by atoms with Crippen molar-refractivity contribution in [3.05, 3.63) is 11.6 Å². The molecule has 1 rings (SSSR count). The van der Waals surface area contributed by atoms with Crippen LogP contribution >= 0.6 is 0 Å². The van der Waals surface area contributed by atoms with Gasteiger partial charge in [-0.05, 0) is 25.2 Å². The summed E-state index contributed by atoms with van der Waals surface area (Å²) in [7, 11) is -3.01.